The second-order valence-corrected chi connectivity index (χ2v) is 3.34. The topological polar surface area (TPSA) is 21.8 Å². The van der Waals surface area contributed by atoms with Crippen molar-refractivity contribution in [3.8, 4) is 5.75 Å². The lowest BCUT2D eigenvalue weighted by molar-refractivity contribution is 0.307. The molecular formula is C10H11FO2. The number of hydrogen-bond donors (Lipinski definition) is 0. The van der Waals surface area contributed by atoms with E-state index in [2.05, 4.69) is 0 Å². The van der Waals surface area contributed by atoms with Crippen molar-refractivity contribution in [2.24, 2.45) is 0 Å². The molecule has 1 aliphatic heterocycles. The molecule has 1 aromatic rings. The molecule has 3 heteroatoms. The van der Waals surface area contributed by atoms with Crippen molar-refractivity contribution in [2.45, 2.75) is 12.5 Å². The molecule has 2 nitrogen and oxygen atoms in total. The molecule has 0 spiro atoms. The summed E-state index contributed by atoms with van der Waals surface area (Å²) in [5, 5.41) is 0. The smallest absolute Gasteiger partial charge is 0.133 e. The fourth-order valence-corrected chi connectivity index (χ4v) is 1.44. The highest BCUT2D eigenvalue weighted by molar-refractivity contribution is 5.41. The molecule has 1 aromatic carbocycles. The second-order valence-electron chi connectivity index (χ2n) is 3.34. The number of epoxide rings is 1. The summed E-state index contributed by atoms with van der Waals surface area (Å²) in [6, 6.07) is 4.79. The zero-order valence-electron chi connectivity index (χ0n) is 7.63. The average molecular weight is 182 g/mol. The van der Waals surface area contributed by atoms with E-state index in [1.807, 2.05) is 6.92 Å². The maximum absolute atomic E-state index is 13.4. The molecule has 1 heterocycles. The summed E-state index contributed by atoms with van der Waals surface area (Å²) in [5.41, 5.74) is 0.0500. The molecule has 13 heavy (non-hydrogen) atoms. The summed E-state index contributed by atoms with van der Waals surface area (Å²) in [6.07, 6.45) is 0. The Balaban J connectivity index is 2.52. The van der Waals surface area contributed by atoms with Crippen molar-refractivity contribution in [3.63, 3.8) is 0 Å². The first kappa shape index (κ1) is 8.51. The molecule has 1 atom stereocenters. The molecule has 0 aromatic heterocycles. The molecule has 0 saturated carbocycles. The van der Waals surface area contributed by atoms with Gasteiger partial charge in [0.2, 0.25) is 0 Å². The largest absolute Gasteiger partial charge is 0.496 e. The van der Waals surface area contributed by atoms with Crippen LogP contribution in [0.1, 0.15) is 12.5 Å². The third-order valence-corrected chi connectivity index (χ3v) is 2.30. The molecule has 1 aliphatic rings. The van der Waals surface area contributed by atoms with E-state index in [1.54, 1.807) is 12.1 Å². The Bertz CT molecular complexity index is 332. The van der Waals surface area contributed by atoms with Gasteiger partial charge in [0.15, 0.2) is 0 Å². The maximum Gasteiger partial charge on any atom is 0.133 e. The number of benzene rings is 1. The molecule has 1 fully saturated rings. The van der Waals surface area contributed by atoms with Crippen LogP contribution < -0.4 is 4.74 Å². The van der Waals surface area contributed by atoms with E-state index in [-0.39, 0.29) is 5.82 Å². The van der Waals surface area contributed by atoms with Crippen LogP contribution in [0.3, 0.4) is 0 Å². The molecule has 0 aliphatic carbocycles. The lowest BCUT2D eigenvalue weighted by Crippen LogP contribution is -2.07. The van der Waals surface area contributed by atoms with E-state index >= 15 is 0 Å². The molecular weight excluding hydrogens is 171 g/mol. The number of rotatable bonds is 2. The first-order chi connectivity index (χ1) is 6.17. The Hall–Kier alpha value is -1.09. The van der Waals surface area contributed by atoms with Gasteiger partial charge in [-0.25, -0.2) is 4.39 Å². The van der Waals surface area contributed by atoms with Gasteiger partial charge in [0, 0.05) is 0 Å². The van der Waals surface area contributed by atoms with Gasteiger partial charge in [-0.3, -0.25) is 0 Å². The zero-order valence-corrected chi connectivity index (χ0v) is 7.63. The Labute approximate surface area is 76.3 Å². The van der Waals surface area contributed by atoms with Crippen molar-refractivity contribution < 1.29 is 13.9 Å². The molecule has 0 radical (unpaired) electrons. The van der Waals surface area contributed by atoms with Crippen molar-refractivity contribution >= 4 is 0 Å². The van der Waals surface area contributed by atoms with Gasteiger partial charge >= 0.3 is 0 Å². The van der Waals surface area contributed by atoms with Crippen LogP contribution in [0.4, 0.5) is 4.39 Å². The summed E-state index contributed by atoms with van der Waals surface area (Å²) in [6.45, 7) is 2.41. The summed E-state index contributed by atoms with van der Waals surface area (Å²) in [4.78, 5) is 0. The SMILES string of the molecule is COc1cccc(F)c1C1(C)CO1. The number of methoxy groups -OCH3 is 1. The molecule has 0 amide bonds. The van der Waals surface area contributed by atoms with Crippen LogP contribution in [-0.2, 0) is 10.3 Å². The molecule has 0 N–H and O–H groups in total. The first-order valence-corrected chi connectivity index (χ1v) is 4.14. The van der Waals surface area contributed by atoms with Crippen LogP contribution >= 0.6 is 0 Å². The van der Waals surface area contributed by atoms with Gasteiger partial charge in [0.05, 0.1) is 19.3 Å². The minimum Gasteiger partial charge on any atom is -0.496 e. The summed E-state index contributed by atoms with van der Waals surface area (Å²) in [7, 11) is 1.53. The van der Waals surface area contributed by atoms with E-state index in [9.17, 15) is 4.39 Å². The van der Waals surface area contributed by atoms with Crippen LogP contribution in [0.2, 0.25) is 0 Å². The van der Waals surface area contributed by atoms with Crippen molar-refractivity contribution in [1.82, 2.24) is 0 Å². The summed E-state index contributed by atoms with van der Waals surface area (Å²) < 4.78 is 23.7. The Morgan fingerprint density at radius 2 is 2.23 bits per heavy atom. The normalized spacial score (nSPS) is 25.8. The average Bonchev–Trinajstić information content (AvgIpc) is 2.84. The lowest BCUT2D eigenvalue weighted by atomic mass is 10.0. The number of hydrogen-bond acceptors (Lipinski definition) is 2. The van der Waals surface area contributed by atoms with Crippen molar-refractivity contribution in [3.05, 3.63) is 29.6 Å². The molecule has 2 rings (SSSR count). The fourth-order valence-electron chi connectivity index (χ4n) is 1.44. The lowest BCUT2D eigenvalue weighted by Gasteiger charge is -2.11. The number of ether oxygens (including phenoxy) is 2. The maximum atomic E-state index is 13.4. The van der Waals surface area contributed by atoms with E-state index in [4.69, 9.17) is 9.47 Å². The van der Waals surface area contributed by atoms with Crippen LogP contribution in [0, 0.1) is 5.82 Å². The molecule has 0 bridgehead atoms. The third kappa shape index (κ3) is 1.29. The quantitative estimate of drug-likeness (QED) is 0.653. The highest BCUT2D eigenvalue weighted by atomic mass is 19.1. The van der Waals surface area contributed by atoms with Gasteiger partial charge in [-0.15, -0.1) is 0 Å². The van der Waals surface area contributed by atoms with E-state index in [0.717, 1.165) is 0 Å². The standard InChI is InChI=1S/C10H11FO2/c1-10(6-13-10)9-7(11)4-3-5-8(9)12-2/h3-5H,6H2,1-2H3. The summed E-state index contributed by atoms with van der Waals surface area (Å²) in [5.74, 6) is 0.291. The second kappa shape index (κ2) is 2.70. The van der Waals surface area contributed by atoms with Gasteiger partial charge in [0.25, 0.3) is 0 Å². The molecule has 1 saturated heterocycles. The van der Waals surface area contributed by atoms with Gasteiger partial charge in [-0.05, 0) is 19.1 Å². The van der Waals surface area contributed by atoms with E-state index < -0.39 is 5.60 Å². The highest BCUT2D eigenvalue weighted by Crippen LogP contribution is 2.43. The van der Waals surface area contributed by atoms with Crippen LogP contribution in [0.15, 0.2) is 18.2 Å². The van der Waals surface area contributed by atoms with E-state index in [0.29, 0.717) is 17.9 Å². The predicted molar refractivity (Wildman–Crippen MR) is 46.3 cm³/mol. The van der Waals surface area contributed by atoms with Crippen molar-refractivity contribution in [2.75, 3.05) is 13.7 Å². The highest BCUT2D eigenvalue weighted by Gasteiger charge is 2.45. The van der Waals surface area contributed by atoms with Crippen LogP contribution in [-0.4, -0.2) is 13.7 Å². The Morgan fingerprint density at radius 1 is 1.54 bits per heavy atom. The predicted octanol–water partition coefficient (Wildman–Crippen LogP) is 2.08. The minimum absolute atomic E-state index is 0.264. The zero-order chi connectivity index (χ0) is 9.47. The fraction of sp³-hybridized carbons (Fsp3) is 0.400. The molecule has 1 unspecified atom stereocenters. The van der Waals surface area contributed by atoms with Gasteiger partial charge < -0.3 is 9.47 Å². The number of halogens is 1. The van der Waals surface area contributed by atoms with Gasteiger partial charge in [-0.1, -0.05) is 6.07 Å². The minimum atomic E-state index is -0.476. The van der Waals surface area contributed by atoms with Crippen molar-refractivity contribution in [1.29, 1.82) is 0 Å². The third-order valence-electron chi connectivity index (χ3n) is 2.30. The Kier molecular flexibility index (Phi) is 1.77. The van der Waals surface area contributed by atoms with Gasteiger partial charge in [-0.2, -0.15) is 0 Å². The van der Waals surface area contributed by atoms with E-state index in [1.165, 1.54) is 13.2 Å². The first-order valence-electron chi connectivity index (χ1n) is 4.14. The van der Waals surface area contributed by atoms with Crippen LogP contribution in [0.25, 0.3) is 0 Å². The molecule has 70 valence electrons. The monoisotopic (exact) mass is 182 g/mol. The summed E-state index contributed by atoms with van der Waals surface area (Å²) >= 11 is 0. The van der Waals surface area contributed by atoms with Gasteiger partial charge in [0.1, 0.15) is 17.2 Å². The Morgan fingerprint density at radius 3 is 2.77 bits per heavy atom. The van der Waals surface area contributed by atoms with Crippen LogP contribution in [0.5, 0.6) is 5.75 Å².